The van der Waals surface area contributed by atoms with E-state index in [1.165, 1.54) is 11.4 Å². The van der Waals surface area contributed by atoms with Gasteiger partial charge in [-0.15, -0.1) is 0 Å². The Hall–Kier alpha value is -0.480. The molecule has 1 aliphatic rings. The zero-order valence-electron chi connectivity index (χ0n) is 15.1. The molecule has 1 heterocycles. The number of carbonyl (C=O) groups is 1. The fourth-order valence-corrected chi connectivity index (χ4v) is 4.32. The third kappa shape index (κ3) is 6.11. The van der Waals surface area contributed by atoms with Crippen molar-refractivity contribution in [2.75, 3.05) is 39.0 Å². The standard InChI is InChI=1S/C15H22N2O5S.Na.H/c1-17(20)9-7-16(8-10-17)23(21,22)12-14(15(18)19)11-13-5-3-2-4-6-13;;/h2-6,14H,7-12H2,1H3,(H,18,19);;/q;+1;-1/t14-;;/m1../s1. The summed E-state index contributed by atoms with van der Waals surface area (Å²) in [5.41, 5.74) is 0.789. The number of quaternary nitrogens is 1. The quantitative estimate of drug-likeness (QED) is 0.345. The maximum Gasteiger partial charge on any atom is 1.00 e. The number of piperazine rings is 1. The molecule has 0 aromatic heterocycles. The second-order valence-electron chi connectivity index (χ2n) is 6.15. The van der Waals surface area contributed by atoms with Crippen molar-refractivity contribution in [2.45, 2.75) is 6.42 Å². The molecule has 0 saturated carbocycles. The molecule has 0 unspecified atom stereocenters. The van der Waals surface area contributed by atoms with Crippen molar-refractivity contribution in [3.05, 3.63) is 41.1 Å². The number of nitrogens with zero attached hydrogens (tertiary/aromatic N) is 2. The first-order valence-electron chi connectivity index (χ1n) is 7.50. The maximum atomic E-state index is 12.5. The molecule has 1 aliphatic heterocycles. The van der Waals surface area contributed by atoms with Gasteiger partial charge in [-0.1, -0.05) is 30.3 Å². The molecule has 1 aromatic carbocycles. The van der Waals surface area contributed by atoms with E-state index in [0.717, 1.165) is 5.56 Å². The maximum absolute atomic E-state index is 12.5. The Kier molecular flexibility index (Phi) is 7.86. The van der Waals surface area contributed by atoms with Gasteiger partial charge in [0.2, 0.25) is 10.0 Å². The topological polar surface area (TPSA) is 97.7 Å². The van der Waals surface area contributed by atoms with Gasteiger partial charge in [-0.2, -0.15) is 4.31 Å². The van der Waals surface area contributed by atoms with Crippen LogP contribution >= 0.6 is 0 Å². The number of likely N-dealkylation sites (N-methyl/N-ethyl adjacent to an activating group) is 1. The van der Waals surface area contributed by atoms with Crippen molar-refractivity contribution >= 4 is 16.0 Å². The van der Waals surface area contributed by atoms with Crippen LogP contribution in [0, 0.1) is 11.1 Å². The predicted molar refractivity (Wildman–Crippen MR) is 87.0 cm³/mol. The average molecular weight is 366 g/mol. The Balaban J connectivity index is 0.00000288. The van der Waals surface area contributed by atoms with Gasteiger partial charge < -0.3 is 16.4 Å². The molecule has 24 heavy (non-hydrogen) atoms. The summed E-state index contributed by atoms with van der Waals surface area (Å²) in [7, 11) is -2.18. The van der Waals surface area contributed by atoms with Gasteiger partial charge in [0.1, 0.15) is 0 Å². The number of sulfonamides is 1. The summed E-state index contributed by atoms with van der Waals surface area (Å²) in [5, 5.41) is 21.1. The van der Waals surface area contributed by atoms with Crippen LogP contribution in [0.1, 0.15) is 6.99 Å². The van der Waals surface area contributed by atoms with Crippen LogP contribution in [-0.4, -0.2) is 67.4 Å². The van der Waals surface area contributed by atoms with Gasteiger partial charge in [-0.25, -0.2) is 8.42 Å². The SMILES string of the molecule is C[N+]1([O-])CCN(S(=O)(=O)C[C@@H](Cc2ccccc2)C(=O)O)CC1.[H-].[Na+]. The number of rotatable bonds is 6. The fourth-order valence-electron chi connectivity index (χ4n) is 2.62. The Labute approximate surface area is 166 Å². The van der Waals surface area contributed by atoms with Crippen LogP contribution in [0.25, 0.3) is 0 Å². The smallest absolute Gasteiger partial charge is 1.00 e. The van der Waals surface area contributed by atoms with Gasteiger partial charge in [-0.3, -0.25) is 4.79 Å². The summed E-state index contributed by atoms with van der Waals surface area (Å²) in [6.07, 6.45) is 0.165. The second kappa shape index (κ2) is 8.75. The zero-order chi connectivity index (χ0) is 17.1. The normalized spacial score (nSPS) is 19.2. The van der Waals surface area contributed by atoms with Crippen LogP contribution in [0.5, 0.6) is 0 Å². The molecule has 7 nitrogen and oxygen atoms in total. The van der Waals surface area contributed by atoms with Gasteiger partial charge in [0.25, 0.3) is 0 Å². The first-order chi connectivity index (χ1) is 10.7. The third-order valence-electron chi connectivity index (χ3n) is 4.12. The molecule has 130 valence electrons. The molecule has 0 bridgehead atoms. The van der Waals surface area contributed by atoms with Crippen molar-refractivity contribution < 1.29 is 53.9 Å². The Morgan fingerprint density at radius 2 is 1.88 bits per heavy atom. The summed E-state index contributed by atoms with van der Waals surface area (Å²) in [6.45, 7) is 0.658. The number of hydrogen-bond acceptors (Lipinski definition) is 4. The van der Waals surface area contributed by atoms with Crippen molar-refractivity contribution in [1.29, 1.82) is 0 Å². The molecule has 1 aromatic rings. The summed E-state index contributed by atoms with van der Waals surface area (Å²) in [4.78, 5) is 11.4. The monoisotopic (exact) mass is 366 g/mol. The Morgan fingerprint density at radius 1 is 1.33 bits per heavy atom. The number of hydroxylamine groups is 3. The van der Waals surface area contributed by atoms with E-state index in [4.69, 9.17) is 0 Å². The van der Waals surface area contributed by atoms with E-state index in [0.29, 0.717) is 0 Å². The number of carboxylic acids is 1. The van der Waals surface area contributed by atoms with Crippen LogP contribution in [0.3, 0.4) is 0 Å². The minimum atomic E-state index is -3.69. The minimum absolute atomic E-state index is 0. The number of carboxylic acid groups (broad SMARTS) is 1. The summed E-state index contributed by atoms with van der Waals surface area (Å²) in [5.74, 6) is -2.57. The molecule has 1 saturated heterocycles. The number of benzene rings is 1. The number of hydrogen-bond donors (Lipinski definition) is 1. The van der Waals surface area contributed by atoms with E-state index in [2.05, 4.69) is 0 Å². The van der Waals surface area contributed by atoms with Crippen molar-refractivity contribution in [1.82, 2.24) is 4.31 Å². The van der Waals surface area contributed by atoms with E-state index < -0.39 is 32.3 Å². The average Bonchev–Trinajstić information content (AvgIpc) is 2.47. The van der Waals surface area contributed by atoms with Crippen molar-refractivity contribution in [2.24, 2.45) is 5.92 Å². The van der Waals surface area contributed by atoms with Gasteiger partial charge >= 0.3 is 35.5 Å². The number of aliphatic carboxylic acids is 1. The summed E-state index contributed by atoms with van der Waals surface area (Å²) in [6, 6.07) is 8.97. The van der Waals surface area contributed by atoms with Gasteiger partial charge in [0.05, 0.1) is 44.9 Å². The molecular weight excluding hydrogens is 343 g/mol. The van der Waals surface area contributed by atoms with E-state index >= 15 is 0 Å². The molecule has 2 rings (SSSR count). The van der Waals surface area contributed by atoms with Crippen LogP contribution in [0.15, 0.2) is 30.3 Å². The van der Waals surface area contributed by atoms with E-state index in [9.17, 15) is 23.5 Å². The molecule has 0 spiro atoms. The minimum Gasteiger partial charge on any atom is -1.00 e. The molecule has 0 amide bonds. The molecule has 1 atom stereocenters. The second-order valence-corrected chi connectivity index (χ2v) is 8.16. The van der Waals surface area contributed by atoms with Crippen LogP contribution in [-0.2, 0) is 21.2 Å². The van der Waals surface area contributed by atoms with Crippen LogP contribution in [0.4, 0.5) is 0 Å². The van der Waals surface area contributed by atoms with Crippen LogP contribution in [0.2, 0.25) is 0 Å². The Morgan fingerprint density at radius 3 is 2.38 bits per heavy atom. The summed E-state index contributed by atoms with van der Waals surface area (Å²) < 4.78 is 25.7. The van der Waals surface area contributed by atoms with Gasteiger partial charge in [0, 0.05) is 0 Å². The first kappa shape index (κ1) is 21.6. The van der Waals surface area contributed by atoms with Crippen LogP contribution < -0.4 is 29.6 Å². The Bertz CT molecular complexity index is 647. The van der Waals surface area contributed by atoms with E-state index in [1.54, 1.807) is 24.3 Å². The molecule has 0 aliphatic carbocycles. The predicted octanol–water partition coefficient (Wildman–Crippen LogP) is -2.36. The first-order valence-corrected chi connectivity index (χ1v) is 9.11. The fraction of sp³-hybridized carbons (Fsp3) is 0.533. The summed E-state index contributed by atoms with van der Waals surface area (Å²) >= 11 is 0. The molecule has 1 fully saturated rings. The molecular formula is C15H23N2NaO5S. The molecule has 9 heteroatoms. The van der Waals surface area contributed by atoms with Crippen molar-refractivity contribution in [3.63, 3.8) is 0 Å². The van der Waals surface area contributed by atoms with Gasteiger partial charge in [0.15, 0.2) is 0 Å². The van der Waals surface area contributed by atoms with E-state index in [-0.39, 0.29) is 63.6 Å². The van der Waals surface area contributed by atoms with Crippen molar-refractivity contribution in [3.8, 4) is 0 Å². The zero-order valence-corrected chi connectivity index (χ0v) is 16.9. The van der Waals surface area contributed by atoms with Gasteiger partial charge in [-0.05, 0) is 12.0 Å². The molecule has 1 N–H and O–H groups in total. The van der Waals surface area contributed by atoms with E-state index in [1.807, 2.05) is 6.07 Å². The largest absolute Gasteiger partial charge is 1.00 e. The third-order valence-corrected chi connectivity index (χ3v) is 6.10. The molecule has 0 radical (unpaired) electrons.